The predicted octanol–water partition coefficient (Wildman–Crippen LogP) is 3.50. The Balaban J connectivity index is 1.42. The number of piperazine rings is 1. The lowest BCUT2D eigenvalue weighted by Gasteiger charge is -2.36. The first-order valence-corrected chi connectivity index (χ1v) is 13.2. The molecule has 1 fully saturated rings. The fourth-order valence-corrected chi connectivity index (χ4v) is 5.44. The molecule has 196 valence electrons. The number of amides is 1. The summed E-state index contributed by atoms with van der Waals surface area (Å²) >= 11 is 0. The maximum Gasteiger partial charge on any atom is 0.264 e. The molecule has 1 heterocycles. The Hall–Kier alpha value is -3.92. The lowest BCUT2D eigenvalue weighted by molar-refractivity contribution is 0.0747. The number of hydrogen-bond donors (Lipinski definition) is 0. The SMILES string of the molecule is COc1ccc(N2CCN(C(=O)c3ccc(N(C)S(=O)(=O)c4ccc(OC)c(OC)c4)cc3)CC2)cc1. The van der Waals surface area contributed by atoms with E-state index in [1.165, 1.54) is 37.7 Å². The van der Waals surface area contributed by atoms with Gasteiger partial charge in [-0.2, -0.15) is 0 Å². The van der Waals surface area contributed by atoms with Gasteiger partial charge in [-0.1, -0.05) is 0 Å². The van der Waals surface area contributed by atoms with Gasteiger partial charge < -0.3 is 24.0 Å². The lowest BCUT2D eigenvalue weighted by Crippen LogP contribution is -2.48. The summed E-state index contributed by atoms with van der Waals surface area (Å²) in [5.74, 6) is 1.50. The van der Waals surface area contributed by atoms with Gasteiger partial charge in [-0.25, -0.2) is 8.42 Å². The molecule has 9 nitrogen and oxygen atoms in total. The molecule has 37 heavy (non-hydrogen) atoms. The van der Waals surface area contributed by atoms with Gasteiger partial charge in [-0.05, 0) is 60.7 Å². The van der Waals surface area contributed by atoms with Crippen LogP contribution in [0.5, 0.6) is 17.2 Å². The quantitative estimate of drug-likeness (QED) is 0.445. The molecule has 0 aliphatic carbocycles. The number of hydrogen-bond acceptors (Lipinski definition) is 7. The molecule has 0 saturated carbocycles. The van der Waals surface area contributed by atoms with Crippen molar-refractivity contribution in [3.63, 3.8) is 0 Å². The standard InChI is InChI=1S/C27H31N3O6S/c1-28(37(32,33)24-13-14-25(35-3)26(19-24)36-4)21-7-5-20(6-8-21)27(31)30-17-15-29(16-18-30)22-9-11-23(34-2)12-10-22/h5-14,19H,15-18H2,1-4H3. The van der Waals surface area contributed by atoms with E-state index < -0.39 is 10.0 Å². The van der Waals surface area contributed by atoms with E-state index in [0.717, 1.165) is 24.5 Å². The van der Waals surface area contributed by atoms with Gasteiger partial charge in [0.25, 0.3) is 15.9 Å². The van der Waals surface area contributed by atoms with Crippen LogP contribution in [0.2, 0.25) is 0 Å². The molecule has 0 aromatic heterocycles. The zero-order valence-corrected chi connectivity index (χ0v) is 22.2. The number of sulfonamides is 1. The highest BCUT2D eigenvalue weighted by Crippen LogP contribution is 2.32. The summed E-state index contributed by atoms with van der Waals surface area (Å²) in [5.41, 5.74) is 2.05. The van der Waals surface area contributed by atoms with E-state index in [0.29, 0.717) is 35.8 Å². The molecule has 1 amide bonds. The van der Waals surface area contributed by atoms with Gasteiger partial charge in [0.1, 0.15) is 5.75 Å². The van der Waals surface area contributed by atoms with Crippen molar-refractivity contribution >= 4 is 27.3 Å². The Morgan fingerprint density at radius 2 is 1.41 bits per heavy atom. The number of nitrogens with zero attached hydrogens (tertiary/aromatic N) is 3. The minimum atomic E-state index is -3.85. The topological polar surface area (TPSA) is 88.6 Å². The van der Waals surface area contributed by atoms with Gasteiger partial charge in [0.15, 0.2) is 11.5 Å². The average molecular weight is 526 g/mol. The Kier molecular flexibility index (Phi) is 7.77. The number of anilines is 2. The molecule has 1 saturated heterocycles. The maximum absolute atomic E-state index is 13.2. The molecule has 3 aromatic carbocycles. The van der Waals surface area contributed by atoms with Gasteiger partial charge in [0, 0.05) is 50.5 Å². The third-order valence-corrected chi connectivity index (χ3v) is 8.28. The normalized spacial score (nSPS) is 13.7. The van der Waals surface area contributed by atoms with E-state index in [1.807, 2.05) is 29.2 Å². The van der Waals surface area contributed by atoms with E-state index in [1.54, 1.807) is 37.4 Å². The molecule has 1 aliphatic heterocycles. The fourth-order valence-electron chi connectivity index (χ4n) is 4.23. The first-order valence-electron chi connectivity index (χ1n) is 11.8. The summed E-state index contributed by atoms with van der Waals surface area (Å²) in [6.07, 6.45) is 0. The molecule has 0 atom stereocenters. The van der Waals surface area contributed by atoms with Crippen LogP contribution >= 0.6 is 0 Å². The Morgan fingerprint density at radius 1 is 0.784 bits per heavy atom. The summed E-state index contributed by atoms with van der Waals surface area (Å²) in [7, 11) is 2.20. The summed E-state index contributed by atoms with van der Waals surface area (Å²) in [6.45, 7) is 2.64. The molecule has 0 radical (unpaired) electrons. The third-order valence-electron chi connectivity index (χ3n) is 6.50. The Bertz CT molecular complexity index is 1340. The molecule has 10 heteroatoms. The number of ether oxygens (including phenoxy) is 3. The van der Waals surface area contributed by atoms with E-state index in [9.17, 15) is 13.2 Å². The first kappa shape index (κ1) is 26.2. The average Bonchev–Trinajstić information content (AvgIpc) is 2.96. The van der Waals surface area contributed by atoms with Gasteiger partial charge in [-0.15, -0.1) is 0 Å². The first-order chi connectivity index (χ1) is 17.8. The van der Waals surface area contributed by atoms with Crippen LogP contribution in [0.1, 0.15) is 10.4 Å². The van der Waals surface area contributed by atoms with Gasteiger partial charge in [-0.3, -0.25) is 9.10 Å². The molecule has 4 rings (SSSR count). The molecule has 0 spiro atoms. The molecular formula is C27H31N3O6S. The van der Waals surface area contributed by atoms with Crippen LogP contribution in [0, 0.1) is 0 Å². The van der Waals surface area contributed by atoms with E-state index in [2.05, 4.69) is 4.90 Å². The highest BCUT2D eigenvalue weighted by Gasteiger charge is 2.25. The Labute approximate surface area is 217 Å². The molecular weight excluding hydrogens is 494 g/mol. The van der Waals surface area contributed by atoms with Crippen molar-refractivity contribution < 1.29 is 27.4 Å². The zero-order valence-electron chi connectivity index (χ0n) is 21.4. The Morgan fingerprint density at radius 3 is 1.97 bits per heavy atom. The number of rotatable bonds is 8. The molecule has 3 aromatic rings. The summed E-state index contributed by atoms with van der Waals surface area (Å²) in [4.78, 5) is 17.2. The number of carbonyl (C=O) groups excluding carboxylic acids is 1. The van der Waals surface area contributed by atoms with Crippen LogP contribution in [0.25, 0.3) is 0 Å². The molecule has 0 bridgehead atoms. The second-order valence-corrected chi connectivity index (χ2v) is 10.5. The fraction of sp³-hybridized carbons (Fsp3) is 0.296. The molecule has 0 N–H and O–H groups in total. The highest BCUT2D eigenvalue weighted by molar-refractivity contribution is 7.92. The minimum absolute atomic E-state index is 0.0718. The van der Waals surface area contributed by atoms with Crippen molar-refractivity contribution in [3.8, 4) is 17.2 Å². The van der Waals surface area contributed by atoms with Gasteiger partial charge in [0.05, 0.1) is 31.9 Å². The number of benzene rings is 3. The van der Waals surface area contributed by atoms with Crippen molar-refractivity contribution in [2.24, 2.45) is 0 Å². The zero-order chi connectivity index (χ0) is 26.6. The molecule has 1 aliphatic rings. The largest absolute Gasteiger partial charge is 0.497 e. The second-order valence-electron chi connectivity index (χ2n) is 8.51. The predicted molar refractivity (Wildman–Crippen MR) is 143 cm³/mol. The van der Waals surface area contributed by atoms with Crippen LogP contribution in [0.4, 0.5) is 11.4 Å². The summed E-state index contributed by atoms with van der Waals surface area (Å²) in [5, 5.41) is 0. The van der Waals surface area contributed by atoms with Gasteiger partial charge >= 0.3 is 0 Å². The van der Waals surface area contributed by atoms with Crippen LogP contribution in [0.3, 0.4) is 0 Å². The van der Waals surface area contributed by atoms with Gasteiger partial charge in [0.2, 0.25) is 0 Å². The van der Waals surface area contributed by atoms with Crippen molar-refractivity contribution in [2.75, 3.05) is 63.8 Å². The lowest BCUT2D eigenvalue weighted by atomic mass is 10.1. The minimum Gasteiger partial charge on any atom is -0.497 e. The highest BCUT2D eigenvalue weighted by atomic mass is 32.2. The van der Waals surface area contributed by atoms with Crippen LogP contribution in [0.15, 0.2) is 71.6 Å². The van der Waals surface area contributed by atoms with Crippen LogP contribution in [-0.4, -0.2) is 73.8 Å². The van der Waals surface area contributed by atoms with E-state index in [-0.39, 0.29) is 10.8 Å². The number of carbonyl (C=O) groups is 1. The van der Waals surface area contributed by atoms with Crippen molar-refractivity contribution in [1.82, 2.24) is 4.90 Å². The number of methoxy groups -OCH3 is 3. The maximum atomic E-state index is 13.2. The van der Waals surface area contributed by atoms with Crippen LogP contribution < -0.4 is 23.4 Å². The summed E-state index contributed by atoms with van der Waals surface area (Å²) < 4.78 is 43.2. The van der Waals surface area contributed by atoms with Crippen LogP contribution in [-0.2, 0) is 10.0 Å². The van der Waals surface area contributed by atoms with E-state index >= 15 is 0 Å². The second kappa shape index (κ2) is 11.0. The van der Waals surface area contributed by atoms with E-state index in [4.69, 9.17) is 14.2 Å². The van der Waals surface area contributed by atoms with Crippen molar-refractivity contribution in [2.45, 2.75) is 4.90 Å². The summed E-state index contributed by atoms with van der Waals surface area (Å²) in [6, 6.07) is 18.9. The smallest absolute Gasteiger partial charge is 0.264 e. The third kappa shape index (κ3) is 5.43. The monoisotopic (exact) mass is 525 g/mol. The van der Waals surface area contributed by atoms with Crippen molar-refractivity contribution in [1.29, 1.82) is 0 Å². The van der Waals surface area contributed by atoms with Crippen molar-refractivity contribution in [3.05, 3.63) is 72.3 Å². The molecule has 0 unspecified atom stereocenters.